The van der Waals surface area contributed by atoms with Gasteiger partial charge in [-0.3, -0.25) is 9.59 Å². The summed E-state index contributed by atoms with van der Waals surface area (Å²) in [6, 6.07) is 15.2. The van der Waals surface area contributed by atoms with Crippen molar-refractivity contribution in [2.75, 3.05) is 13.2 Å². The molecule has 5 rings (SSSR count). The number of fused-ring (bicyclic) bond motifs is 2. The average Bonchev–Trinajstić information content (AvgIpc) is 3.56. The summed E-state index contributed by atoms with van der Waals surface area (Å²) in [5.74, 6) is -0.176. The van der Waals surface area contributed by atoms with Gasteiger partial charge in [-0.05, 0) is 43.4 Å². The highest BCUT2D eigenvalue weighted by Gasteiger charge is 2.46. The molecule has 1 saturated heterocycles. The first kappa shape index (κ1) is 23.6. The van der Waals surface area contributed by atoms with Crippen LogP contribution in [0, 0.1) is 12.8 Å². The van der Waals surface area contributed by atoms with E-state index in [2.05, 4.69) is 49.8 Å². The molecule has 2 aliphatic heterocycles. The zero-order chi connectivity index (χ0) is 24.7. The fourth-order valence-electron chi connectivity index (χ4n) is 5.82. The lowest BCUT2D eigenvalue weighted by Gasteiger charge is -2.36. The van der Waals surface area contributed by atoms with Crippen LogP contribution in [0.1, 0.15) is 66.3 Å². The van der Waals surface area contributed by atoms with Crippen molar-refractivity contribution in [2.24, 2.45) is 13.0 Å². The Balaban J connectivity index is 1.62. The van der Waals surface area contributed by atoms with Crippen LogP contribution < -0.4 is 5.32 Å². The summed E-state index contributed by atoms with van der Waals surface area (Å²) in [5, 5.41) is 4.25. The quantitative estimate of drug-likeness (QED) is 0.539. The van der Waals surface area contributed by atoms with E-state index in [-0.39, 0.29) is 29.9 Å². The van der Waals surface area contributed by atoms with E-state index in [0.717, 1.165) is 53.6 Å². The highest BCUT2D eigenvalue weighted by Crippen LogP contribution is 2.45. The number of nitrogens with zero attached hydrogens (tertiary/aromatic N) is 2. The summed E-state index contributed by atoms with van der Waals surface area (Å²) in [5.41, 5.74) is 4.98. The van der Waals surface area contributed by atoms with Crippen molar-refractivity contribution in [3.05, 3.63) is 70.9 Å². The summed E-state index contributed by atoms with van der Waals surface area (Å²) < 4.78 is 7.91. The van der Waals surface area contributed by atoms with Crippen LogP contribution in [0.3, 0.4) is 0 Å². The summed E-state index contributed by atoms with van der Waals surface area (Å²) in [4.78, 5) is 29.6. The number of benzene rings is 2. The van der Waals surface area contributed by atoms with Gasteiger partial charge in [0, 0.05) is 47.9 Å². The van der Waals surface area contributed by atoms with Gasteiger partial charge in [0.1, 0.15) is 6.04 Å². The van der Waals surface area contributed by atoms with E-state index in [1.54, 1.807) is 0 Å². The number of para-hydroxylation sites is 1. The van der Waals surface area contributed by atoms with Crippen molar-refractivity contribution in [1.29, 1.82) is 0 Å². The van der Waals surface area contributed by atoms with E-state index in [4.69, 9.17) is 4.74 Å². The van der Waals surface area contributed by atoms with Gasteiger partial charge >= 0.3 is 0 Å². The normalized spacial score (nSPS) is 21.4. The summed E-state index contributed by atoms with van der Waals surface area (Å²) in [6.45, 7) is 7.49. The monoisotopic (exact) mass is 473 g/mol. The van der Waals surface area contributed by atoms with E-state index >= 15 is 0 Å². The number of nitrogens with one attached hydrogen (secondary N) is 1. The van der Waals surface area contributed by atoms with Gasteiger partial charge in [0.15, 0.2) is 0 Å². The summed E-state index contributed by atoms with van der Waals surface area (Å²) >= 11 is 0. The largest absolute Gasteiger partial charge is 0.376 e. The molecule has 3 heterocycles. The first-order valence-electron chi connectivity index (χ1n) is 12.8. The first-order chi connectivity index (χ1) is 16.9. The molecule has 2 aromatic carbocycles. The predicted molar refractivity (Wildman–Crippen MR) is 137 cm³/mol. The number of ether oxygens (including phenoxy) is 1. The molecule has 6 heteroatoms. The van der Waals surface area contributed by atoms with E-state index in [1.807, 2.05) is 41.3 Å². The van der Waals surface area contributed by atoms with Gasteiger partial charge in [0.25, 0.3) is 5.91 Å². The lowest BCUT2D eigenvalue weighted by molar-refractivity contribution is -0.128. The Morgan fingerprint density at radius 3 is 2.66 bits per heavy atom. The molecular weight excluding hydrogens is 438 g/mol. The van der Waals surface area contributed by atoms with Crippen LogP contribution in [-0.2, 0) is 16.6 Å². The molecule has 4 atom stereocenters. The fourth-order valence-corrected chi connectivity index (χ4v) is 5.82. The number of carbonyl (C=O) groups excluding carboxylic acids is 2. The van der Waals surface area contributed by atoms with Gasteiger partial charge in [-0.1, -0.05) is 56.7 Å². The SMILES string of the molecule is CCC(C)C(C(=O)NCC1CCCO1)N1C(=O)c2ccccc2C1c1c(C)n(C)c2ccccc12. The van der Waals surface area contributed by atoms with Crippen LogP contribution >= 0.6 is 0 Å². The lowest BCUT2D eigenvalue weighted by Crippen LogP contribution is -2.53. The number of aromatic nitrogens is 1. The number of rotatable bonds is 7. The second-order valence-corrected chi connectivity index (χ2v) is 9.99. The molecule has 1 aromatic heterocycles. The van der Waals surface area contributed by atoms with Crippen LogP contribution in [0.25, 0.3) is 10.9 Å². The van der Waals surface area contributed by atoms with Gasteiger partial charge in [-0.2, -0.15) is 0 Å². The van der Waals surface area contributed by atoms with Crippen LogP contribution in [0.5, 0.6) is 0 Å². The molecule has 2 aliphatic rings. The molecule has 6 nitrogen and oxygen atoms in total. The number of hydrogen-bond donors (Lipinski definition) is 1. The number of hydrogen-bond acceptors (Lipinski definition) is 3. The van der Waals surface area contributed by atoms with Crippen LogP contribution in [-0.4, -0.2) is 46.6 Å². The third-order valence-electron chi connectivity index (χ3n) is 8.00. The summed E-state index contributed by atoms with van der Waals surface area (Å²) in [7, 11) is 2.06. The Hall–Kier alpha value is -3.12. The lowest BCUT2D eigenvalue weighted by atomic mass is 9.91. The number of carbonyl (C=O) groups is 2. The van der Waals surface area contributed by atoms with Crippen molar-refractivity contribution in [3.63, 3.8) is 0 Å². The maximum Gasteiger partial charge on any atom is 0.255 e. The fraction of sp³-hybridized carbons (Fsp3) is 0.448. The van der Waals surface area contributed by atoms with Crippen molar-refractivity contribution >= 4 is 22.7 Å². The Morgan fingerprint density at radius 1 is 1.17 bits per heavy atom. The average molecular weight is 474 g/mol. The Labute approximate surface area is 207 Å². The molecule has 35 heavy (non-hydrogen) atoms. The van der Waals surface area contributed by atoms with Crippen LogP contribution in [0.2, 0.25) is 0 Å². The third-order valence-corrected chi connectivity index (χ3v) is 8.00. The van der Waals surface area contributed by atoms with E-state index < -0.39 is 6.04 Å². The topological polar surface area (TPSA) is 63.6 Å². The molecule has 3 aromatic rings. The second-order valence-electron chi connectivity index (χ2n) is 9.99. The molecule has 1 N–H and O–H groups in total. The number of aryl methyl sites for hydroxylation is 1. The minimum atomic E-state index is -0.579. The van der Waals surface area contributed by atoms with Gasteiger partial charge in [-0.15, -0.1) is 0 Å². The molecule has 184 valence electrons. The van der Waals surface area contributed by atoms with Crippen molar-refractivity contribution in [2.45, 2.75) is 58.2 Å². The Morgan fingerprint density at radius 2 is 1.91 bits per heavy atom. The highest BCUT2D eigenvalue weighted by atomic mass is 16.5. The van der Waals surface area contributed by atoms with Crippen LogP contribution in [0.15, 0.2) is 48.5 Å². The molecule has 0 aliphatic carbocycles. The molecule has 0 saturated carbocycles. The predicted octanol–water partition coefficient (Wildman–Crippen LogP) is 4.74. The van der Waals surface area contributed by atoms with Crippen LogP contribution in [0.4, 0.5) is 0 Å². The molecule has 1 fully saturated rings. The Bertz CT molecular complexity index is 1260. The van der Waals surface area contributed by atoms with E-state index in [9.17, 15) is 9.59 Å². The highest BCUT2D eigenvalue weighted by molar-refractivity contribution is 6.03. The smallest absolute Gasteiger partial charge is 0.255 e. The Kier molecular flexibility index (Phi) is 6.41. The van der Waals surface area contributed by atoms with Gasteiger partial charge in [-0.25, -0.2) is 0 Å². The third kappa shape index (κ3) is 3.94. The zero-order valence-electron chi connectivity index (χ0n) is 21.1. The standard InChI is InChI=1S/C29H35N3O3/c1-5-18(2)26(28(33)30-17-20-11-10-16-35-20)32-27(21-12-6-7-13-22(21)29(32)34)25-19(3)31(4)24-15-9-8-14-23(24)25/h6-9,12-15,18,20,26-27H,5,10-11,16-17H2,1-4H3,(H,30,33). The minimum Gasteiger partial charge on any atom is -0.376 e. The first-order valence-corrected chi connectivity index (χ1v) is 12.8. The van der Waals surface area contributed by atoms with E-state index in [0.29, 0.717) is 12.1 Å². The second kappa shape index (κ2) is 9.50. The molecule has 0 spiro atoms. The number of amides is 2. The maximum absolute atomic E-state index is 14.0. The summed E-state index contributed by atoms with van der Waals surface area (Å²) in [6.07, 6.45) is 2.83. The van der Waals surface area contributed by atoms with Crippen molar-refractivity contribution in [1.82, 2.24) is 14.8 Å². The molecule has 0 bridgehead atoms. The molecular formula is C29H35N3O3. The maximum atomic E-state index is 14.0. The minimum absolute atomic E-state index is 0.00413. The van der Waals surface area contributed by atoms with Crippen molar-refractivity contribution in [3.8, 4) is 0 Å². The van der Waals surface area contributed by atoms with Gasteiger partial charge in [0.2, 0.25) is 5.91 Å². The zero-order valence-corrected chi connectivity index (χ0v) is 21.1. The van der Waals surface area contributed by atoms with Crippen molar-refractivity contribution < 1.29 is 14.3 Å². The van der Waals surface area contributed by atoms with E-state index in [1.165, 1.54) is 0 Å². The molecule has 4 unspecified atom stereocenters. The van der Waals surface area contributed by atoms with Gasteiger partial charge in [0.05, 0.1) is 12.1 Å². The molecule has 0 radical (unpaired) electrons. The molecule has 2 amide bonds. The van der Waals surface area contributed by atoms with Gasteiger partial charge < -0.3 is 19.5 Å².